The van der Waals surface area contributed by atoms with E-state index in [0.29, 0.717) is 0 Å². The summed E-state index contributed by atoms with van der Waals surface area (Å²) >= 11 is 0. The molecule has 34 heavy (non-hydrogen) atoms. The highest BCUT2D eigenvalue weighted by Gasteiger charge is 2.12. The summed E-state index contributed by atoms with van der Waals surface area (Å²) in [5, 5.41) is 0. The smallest absolute Gasteiger partial charge is 0.173 e. The van der Waals surface area contributed by atoms with Gasteiger partial charge in [0.05, 0.1) is 0 Å². The molecule has 164 valence electrons. The van der Waals surface area contributed by atoms with Gasteiger partial charge in [-0.15, -0.1) is 0 Å². The second-order valence-corrected chi connectivity index (χ2v) is 8.11. The van der Waals surface area contributed by atoms with Gasteiger partial charge in [0.2, 0.25) is 0 Å². The minimum Gasteiger partial charge on any atom is -0.410 e. The molecule has 4 rings (SSSR count). The molecule has 4 heteroatoms. The van der Waals surface area contributed by atoms with Crippen molar-refractivity contribution in [1.82, 2.24) is 0 Å². The zero-order valence-corrected chi connectivity index (χ0v) is 19.3. The predicted molar refractivity (Wildman–Crippen MR) is 147 cm³/mol. The molecule has 4 aromatic rings. The minimum atomic E-state index is 0.777. The molecule has 2 radical (unpaired) electrons. The summed E-state index contributed by atoms with van der Waals surface area (Å²) in [5.74, 6) is 0. The van der Waals surface area contributed by atoms with Crippen molar-refractivity contribution >= 4 is 25.7 Å². The third kappa shape index (κ3) is 5.90. The Morgan fingerprint density at radius 3 is 0.882 bits per heavy atom. The molecule has 0 atom stereocenters. The number of rotatable bonds is 9. The minimum absolute atomic E-state index is 0.777. The molecule has 0 fully saturated rings. The van der Waals surface area contributed by atoms with Crippen LogP contribution in [0.5, 0.6) is 0 Å². The normalized spacial score (nSPS) is 10.2. The Morgan fingerprint density at radius 2 is 0.647 bits per heavy atom. The first-order chi connectivity index (χ1) is 16.7. The topological polar surface area (TPSA) is 52.0 Å². The summed E-state index contributed by atoms with van der Waals surface area (Å²) < 4.78 is 0. The zero-order valence-electron chi connectivity index (χ0n) is 19.3. The van der Waals surface area contributed by atoms with Gasteiger partial charge >= 0.3 is 0 Å². The maximum absolute atomic E-state index is 6.61. The van der Waals surface area contributed by atoms with Crippen molar-refractivity contribution < 1.29 is 0 Å². The molecule has 2 nitrogen and oxygen atoms in total. The molecular weight excluding hydrogens is 410 g/mol. The van der Waals surface area contributed by atoms with Crippen molar-refractivity contribution in [3.8, 4) is 0 Å². The van der Waals surface area contributed by atoms with E-state index in [1.807, 2.05) is 72.8 Å². The second kappa shape index (κ2) is 11.8. The first-order valence-electron chi connectivity index (χ1n) is 11.6. The van der Waals surface area contributed by atoms with Crippen molar-refractivity contribution in [2.45, 2.75) is 12.6 Å². The maximum Gasteiger partial charge on any atom is 0.173 e. The van der Waals surface area contributed by atoms with Crippen LogP contribution in [0.15, 0.2) is 133 Å². The number of hydrogen-bond acceptors (Lipinski definition) is 2. The molecule has 0 spiro atoms. The number of hydrogen-bond donors (Lipinski definition) is 2. The van der Waals surface area contributed by atoms with Crippen LogP contribution in [0, 0.1) is 0 Å². The summed E-state index contributed by atoms with van der Waals surface area (Å²) in [6.07, 6.45) is 1.60. The fourth-order valence-corrected chi connectivity index (χ4v) is 4.10. The molecule has 0 unspecified atom stereocenters. The molecule has 0 aliphatic carbocycles. The van der Waals surface area contributed by atoms with E-state index in [2.05, 4.69) is 63.1 Å². The quantitative estimate of drug-likeness (QED) is 0.250. The van der Waals surface area contributed by atoms with Crippen LogP contribution >= 0.6 is 0 Å². The summed E-state index contributed by atoms with van der Waals surface area (Å²) in [7, 11) is 4.20. The Kier molecular flexibility index (Phi) is 8.08. The van der Waals surface area contributed by atoms with Gasteiger partial charge in [-0.2, -0.15) is 0 Å². The molecule has 0 saturated heterocycles. The lowest BCUT2D eigenvalue weighted by Gasteiger charge is -2.14. The van der Waals surface area contributed by atoms with E-state index < -0.39 is 0 Å². The van der Waals surface area contributed by atoms with Gasteiger partial charge in [-0.1, -0.05) is 134 Å². The summed E-state index contributed by atoms with van der Waals surface area (Å²) in [5.41, 5.74) is 21.3. The largest absolute Gasteiger partial charge is 0.410 e. The molecule has 0 heterocycles. The van der Waals surface area contributed by atoms with E-state index >= 15 is 0 Å². The van der Waals surface area contributed by atoms with Gasteiger partial charge < -0.3 is 11.5 Å². The number of nitrogens with two attached hydrogens (primary N) is 2. The average Bonchev–Trinajstić information content (AvgIpc) is 2.89. The Bertz CT molecular complexity index is 1050. The van der Waals surface area contributed by atoms with E-state index in [9.17, 15) is 0 Å². The van der Waals surface area contributed by atoms with Crippen LogP contribution in [0.2, 0.25) is 12.6 Å². The fraction of sp³-hybridized carbons (Fsp3) is 0.0667. The monoisotopic (exact) mass is 438 g/mol. The van der Waals surface area contributed by atoms with Crippen LogP contribution < -0.4 is 11.5 Å². The van der Waals surface area contributed by atoms with E-state index in [1.54, 1.807) is 0 Å². The second-order valence-electron chi connectivity index (χ2n) is 8.11. The molecule has 0 saturated carbocycles. The van der Waals surface area contributed by atoms with E-state index in [-0.39, 0.29) is 0 Å². The lowest BCUT2D eigenvalue weighted by Crippen LogP contribution is -2.14. The zero-order chi connectivity index (χ0) is 23.6. The van der Waals surface area contributed by atoms with Crippen molar-refractivity contribution in [3.63, 3.8) is 0 Å². The first-order valence-corrected chi connectivity index (χ1v) is 11.6. The lowest BCUT2D eigenvalue weighted by atomic mass is 9.57. The first kappa shape index (κ1) is 23.3. The predicted octanol–water partition coefficient (Wildman–Crippen LogP) is 5.98. The standard InChI is InChI=1S/C30H28B2N2/c33-29(27(23-13-5-1-6-14-23)24-15-7-2-8-16-24)31-21-22-32-30(34)28(25-17-9-3-10-18-25)26-19-11-4-12-20-26/h1-20H,21-22,33-34H2. The maximum atomic E-state index is 6.61. The van der Waals surface area contributed by atoms with Crippen molar-refractivity contribution in [1.29, 1.82) is 0 Å². The van der Waals surface area contributed by atoms with Crippen LogP contribution in [-0.4, -0.2) is 14.6 Å². The highest BCUT2D eigenvalue weighted by molar-refractivity contribution is 6.53. The molecule has 4 aromatic carbocycles. The van der Waals surface area contributed by atoms with E-state index in [1.165, 1.54) is 0 Å². The van der Waals surface area contributed by atoms with Crippen molar-refractivity contribution in [3.05, 3.63) is 155 Å². The lowest BCUT2D eigenvalue weighted by molar-refractivity contribution is 1.36. The molecular formula is C30H28B2N2. The van der Waals surface area contributed by atoms with Gasteiger partial charge in [0.15, 0.2) is 14.6 Å². The van der Waals surface area contributed by atoms with E-state index in [4.69, 9.17) is 11.5 Å². The van der Waals surface area contributed by atoms with Crippen LogP contribution in [-0.2, 0) is 0 Å². The van der Waals surface area contributed by atoms with Gasteiger partial charge in [-0.3, -0.25) is 0 Å². The van der Waals surface area contributed by atoms with Gasteiger partial charge in [-0.25, -0.2) is 0 Å². The third-order valence-electron chi connectivity index (χ3n) is 5.72. The van der Waals surface area contributed by atoms with Crippen LogP contribution in [0.3, 0.4) is 0 Å². The average molecular weight is 438 g/mol. The molecule has 0 amide bonds. The van der Waals surface area contributed by atoms with Gasteiger partial charge in [-0.05, 0) is 44.6 Å². The molecule has 0 aliphatic rings. The van der Waals surface area contributed by atoms with Crippen LogP contribution in [0.1, 0.15) is 22.3 Å². The highest BCUT2D eigenvalue weighted by Crippen LogP contribution is 2.27. The Balaban J connectivity index is 1.51. The summed E-state index contributed by atoms with van der Waals surface area (Å²) in [4.78, 5) is 0. The molecule has 4 N–H and O–H groups in total. The molecule has 0 aliphatic heterocycles. The van der Waals surface area contributed by atoms with Crippen molar-refractivity contribution in [2.24, 2.45) is 11.5 Å². The molecule has 0 aromatic heterocycles. The summed E-state index contributed by atoms with van der Waals surface area (Å²) in [6.45, 7) is 0. The van der Waals surface area contributed by atoms with Crippen molar-refractivity contribution in [2.75, 3.05) is 0 Å². The van der Waals surface area contributed by atoms with E-state index in [0.717, 1.165) is 57.2 Å². The Labute approximate surface area is 204 Å². The Hall–Kier alpha value is -3.91. The summed E-state index contributed by atoms with van der Waals surface area (Å²) in [6, 6.07) is 41.2. The third-order valence-corrected chi connectivity index (χ3v) is 5.72. The fourth-order valence-electron chi connectivity index (χ4n) is 4.10. The molecule has 0 bridgehead atoms. The van der Waals surface area contributed by atoms with Gasteiger partial charge in [0, 0.05) is 0 Å². The highest BCUT2D eigenvalue weighted by atomic mass is 14.5. The number of benzene rings is 4. The van der Waals surface area contributed by atoms with Crippen LogP contribution in [0.25, 0.3) is 11.1 Å². The Morgan fingerprint density at radius 1 is 0.412 bits per heavy atom. The van der Waals surface area contributed by atoms with Crippen LogP contribution in [0.4, 0.5) is 0 Å². The SMILES string of the molecule is NC([B]CC[B]C(N)=C(c1ccccc1)c1ccccc1)=C(c1ccccc1)c1ccccc1. The van der Waals surface area contributed by atoms with Gasteiger partial charge in [0.25, 0.3) is 0 Å². The van der Waals surface area contributed by atoms with Gasteiger partial charge in [0.1, 0.15) is 0 Å².